The van der Waals surface area contributed by atoms with Crippen molar-refractivity contribution in [1.82, 2.24) is 0 Å². The van der Waals surface area contributed by atoms with Crippen molar-refractivity contribution < 1.29 is 39.4 Å². The number of aliphatic hydroxyl groups is 4. The average Bonchev–Trinajstić information content (AvgIpc) is 3.40. The normalized spacial score (nSPS) is 58.3. The molecular weight excluding hydrogens is 524 g/mol. The van der Waals surface area contributed by atoms with Gasteiger partial charge in [0, 0.05) is 12.3 Å². The van der Waals surface area contributed by atoms with Crippen molar-refractivity contribution in [3.05, 3.63) is 11.6 Å². The Kier molecular flexibility index (Phi) is 7.27. The lowest BCUT2D eigenvalue weighted by molar-refractivity contribution is -0.313. The summed E-state index contributed by atoms with van der Waals surface area (Å²) in [7, 11) is 0. The second kappa shape index (κ2) is 10.2. The Hall–Kier alpha value is -0.580. The molecule has 8 nitrogen and oxygen atoms in total. The van der Waals surface area contributed by atoms with Gasteiger partial charge in [0.05, 0.1) is 25.4 Å². The second-order valence-corrected chi connectivity index (χ2v) is 15.5. The summed E-state index contributed by atoms with van der Waals surface area (Å²) >= 11 is 0. The van der Waals surface area contributed by atoms with Crippen LogP contribution >= 0.6 is 0 Å². The Morgan fingerprint density at radius 2 is 1.78 bits per heavy atom. The van der Waals surface area contributed by atoms with Crippen molar-refractivity contribution in [2.24, 2.45) is 46.3 Å². The summed E-state index contributed by atoms with van der Waals surface area (Å²) < 4.78 is 25.3. The Morgan fingerprint density at radius 1 is 0.976 bits per heavy atom. The lowest BCUT2D eigenvalue weighted by atomic mass is 9.47. The van der Waals surface area contributed by atoms with Crippen LogP contribution in [0.4, 0.5) is 0 Å². The molecule has 6 unspecified atom stereocenters. The quantitative estimate of drug-likeness (QED) is 0.377. The first-order valence-electron chi connectivity index (χ1n) is 16.5. The predicted octanol–water partition coefficient (Wildman–Crippen LogP) is 3.54. The smallest absolute Gasteiger partial charge is 0.186 e. The lowest BCUT2D eigenvalue weighted by Gasteiger charge is -2.58. The largest absolute Gasteiger partial charge is 0.394 e. The highest BCUT2D eigenvalue weighted by molar-refractivity contribution is 5.26. The summed E-state index contributed by atoms with van der Waals surface area (Å²) in [5.74, 6) is 3.28. The zero-order valence-electron chi connectivity index (χ0n) is 25.3. The number of hydrogen-bond acceptors (Lipinski definition) is 8. The van der Waals surface area contributed by atoms with Gasteiger partial charge in [0.15, 0.2) is 12.1 Å². The van der Waals surface area contributed by atoms with Crippen molar-refractivity contribution >= 4 is 0 Å². The van der Waals surface area contributed by atoms with E-state index in [9.17, 15) is 20.4 Å². The van der Waals surface area contributed by atoms with Crippen LogP contribution in [0.25, 0.3) is 0 Å². The Morgan fingerprint density at radius 3 is 2.51 bits per heavy atom. The minimum absolute atomic E-state index is 0.129. The maximum atomic E-state index is 10.5. The highest BCUT2D eigenvalue weighted by atomic mass is 16.7. The molecule has 4 N–H and O–H groups in total. The highest BCUT2D eigenvalue weighted by Crippen LogP contribution is 2.70. The van der Waals surface area contributed by atoms with E-state index in [2.05, 4.69) is 33.8 Å². The number of allylic oxidation sites excluding steroid dienone is 1. The molecule has 0 aromatic rings. The molecule has 0 bridgehead atoms. The number of fused-ring (bicyclic) bond motifs is 7. The van der Waals surface area contributed by atoms with Crippen molar-refractivity contribution in [3.8, 4) is 0 Å². The maximum Gasteiger partial charge on any atom is 0.186 e. The van der Waals surface area contributed by atoms with Crippen LogP contribution in [0.3, 0.4) is 0 Å². The monoisotopic (exact) mass is 576 g/mol. The molecule has 3 saturated heterocycles. The van der Waals surface area contributed by atoms with E-state index < -0.39 is 37.3 Å². The van der Waals surface area contributed by atoms with Crippen LogP contribution in [0.5, 0.6) is 0 Å². The minimum Gasteiger partial charge on any atom is -0.394 e. The molecule has 232 valence electrons. The van der Waals surface area contributed by atoms with Crippen molar-refractivity contribution in [3.63, 3.8) is 0 Å². The third kappa shape index (κ3) is 4.29. The van der Waals surface area contributed by atoms with Gasteiger partial charge in [0.25, 0.3) is 0 Å². The van der Waals surface area contributed by atoms with Crippen LogP contribution in [0.1, 0.15) is 85.5 Å². The summed E-state index contributed by atoms with van der Waals surface area (Å²) in [6.45, 7) is 10.1. The highest BCUT2D eigenvalue weighted by Gasteiger charge is 2.68. The van der Waals surface area contributed by atoms with E-state index in [0.29, 0.717) is 47.0 Å². The number of hydrogen-bond donors (Lipinski definition) is 4. The summed E-state index contributed by atoms with van der Waals surface area (Å²) in [5, 5.41) is 40.4. The van der Waals surface area contributed by atoms with Gasteiger partial charge in [-0.1, -0.05) is 39.3 Å². The molecule has 3 saturated carbocycles. The summed E-state index contributed by atoms with van der Waals surface area (Å²) in [6.07, 6.45) is 6.24. The molecule has 4 aliphatic carbocycles. The first-order valence-corrected chi connectivity index (χ1v) is 16.5. The van der Waals surface area contributed by atoms with Gasteiger partial charge in [0.1, 0.15) is 24.4 Å². The first-order chi connectivity index (χ1) is 19.5. The topological polar surface area (TPSA) is 118 Å². The molecule has 1 spiro atoms. The summed E-state index contributed by atoms with van der Waals surface area (Å²) in [4.78, 5) is 0. The van der Waals surface area contributed by atoms with Gasteiger partial charge in [-0.25, -0.2) is 0 Å². The van der Waals surface area contributed by atoms with Crippen molar-refractivity contribution in [2.45, 2.75) is 134 Å². The molecule has 0 aromatic carbocycles. The van der Waals surface area contributed by atoms with E-state index in [1.54, 1.807) is 0 Å². The number of ether oxygens (including phenoxy) is 4. The third-order valence-electron chi connectivity index (χ3n) is 13.5. The summed E-state index contributed by atoms with van der Waals surface area (Å²) in [6, 6.07) is 0. The van der Waals surface area contributed by atoms with E-state index in [4.69, 9.17) is 18.9 Å². The van der Waals surface area contributed by atoms with Crippen LogP contribution in [0.2, 0.25) is 0 Å². The fraction of sp³-hybridized carbons (Fsp3) is 0.939. The van der Waals surface area contributed by atoms with Gasteiger partial charge in [-0.05, 0) is 91.8 Å². The van der Waals surface area contributed by atoms with Crippen molar-refractivity contribution in [1.29, 1.82) is 0 Å². The van der Waals surface area contributed by atoms with Gasteiger partial charge in [-0.3, -0.25) is 0 Å². The lowest BCUT2D eigenvalue weighted by Crippen LogP contribution is -2.60. The fourth-order valence-corrected chi connectivity index (χ4v) is 11.1. The Bertz CT molecular complexity index is 1020. The van der Waals surface area contributed by atoms with E-state index >= 15 is 0 Å². The number of rotatable bonds is 3. The van der Waals surface area contributed by atoms with Crippen LogP contribution in [-0.2, 0) is 18.9 Å². The molecule has 8 heteroatoms. The fourth-order valence-electron chi connectivity index (χ4n) is 11.1. The Balaban J connectivity index is 1.05. The minimum atomic E-state index is -1.41. The SMILES string of the molecule is CC1C2C(CC3C4CC=C5C[C@@H](O[C@@H]6O[C@H](CO)[C@@H](O)[C@H](O)[C@H]6O)CC[C@]5(C)C4CC[C@@]32C)O[C@]12CC[C@@H](C)CO2. The van der Waals surface area contributed by atoms with Crippen LogP contribution < -0.4 is 0 Å². The van der Waals surface area contributed by atoms with Crippen LogP contribution in [0.15, 0.2) is 11.6 Å². The van der Waals surface area contributed by atoms with Crippen LogP contribution in [-0.4, -0.2) is 82.3 Å². The van der Waals surface area contributed by atoms with Gasteiger partial charge in [0.2, 0.25) is 0 Å². The van der Waals surface area contributed by atoms with Gasteiger partial charge < -0.3 is 39.4 Å². The molecule has 41 heavy (non-hydrogen) atoms. The molecule has 0 radical (unpaired) electrons. The van der Waals surface area contributed by atoms with E-state index in [1.165, 1.54) is 24.8 Å². The Labute approximate surface area is 244 Å². The second-order valence-electron chi connectivity index (χ2n) is 15.5. The van der Waals surface area contributed by atoms with E-state index in [-0.39, 0.29) is 17.3 Å². The molecule has 16 atom stereocenters. The molecule has 0 aromatic heterocycles. The first kappa shape index (κ1) is 29.1. The predicted molar refractivity (Wildman–Crippen MR) is 150 cm³/mol. The third-order valence-corrected chi connectivity index (χ3v) is 13.5. The van der Waals surface area contributed by atoms with Gasteiger partial charge in [-0.2, -0.15) is 0 Å². The molecule has 3 heterocycles. The van der Waals surface area contributed by atoms with E-state index in [1.807, 2.05) is 0 Å². The zero-order chi connectivity index (χ0) is 28.9. The molecule has 7 rings (SSSR count). The van der Waals surface area contributed by atoms with Crippen LogP contribution in [0, 0.1) is 46.3 Å². The molecule has 6 fully saturated rings. The molecular formula is C33H52O8. The summed E-state index contributed by atoms with van der Waals surface area (Å²) in [5.41, 5.74) is 1.91. The number of aliphatic hydroxyl groups excluding tert-OH is 4. The standard InChI is InChI=1S/C33H52O8/c1-17-7-12-33(38-16-17)18(2)26-24(41-33)14-23-21-6-5-19-13-20(8-10-31(19,3)22(21)9-11-32(23,26)4)39-30-29(37)28(36)27(35)25(15-34)40-30/h5,17-18,20-30,34-37H,6-16H2,1-4H3/t17-,18?,20+,21?,22?,23?,24?,25-,26?,27-,28+,29-,30-,31+,32+,33-/m1/s1. The molecule has 0 amide bonds. The zero-order valence-corrected chi connectivity index (χ0v) is 25.3. The van der Waals surface area contributed by atoms with Gasteiger partial charge >= 0.3 is 0 Å². The molecule has 3 aliphatic heterocycles. The maximum absolute atomic E-state index is 10.5. The van der Waals surface area contributed by atoms with E-state index in [0.717, 1.165) is 45.1 Å². The molecule has 7 aliphatic rings. The van der Waals surface area contributed by atoms with Crippen molar-refractivity contribution in [2.75, 3.05) is 13.2 Å². The van der Waals surface area contributed by atoms with Gasteiger partial charge in [-0.15, -0.1) is 0 Å². The average molecular weight is 577 g/mol.